The topological polar surface area (TPSA) is 50.2 Å². The molecule has 1 aromatic heterocycles. The van der Waals surface area contributed by atoms with Crippen LogP contribution in [0.15, 0.2) is 59.8 Å². The molecule has 1 heterocycles. The molecule has 0 saturated carbocycles. The fourth-order valence-corrected chi connectivity index (χ4v) is 3.66. The molecular formula is C20H19NO2S. The van der Waals surface area contributed by atoms with E-state index in [1.54, 1.807) is 6.20 Å². The maximum absolute atomic E-state index is 10.8. The minimum absolute atomic E-state index is 0.0739. The van der Waals surface area contributed by atoms with Gasteiger partial charge in [0.1, 0.15) is 0 Å². The summed E-state index contributed by atoms with van der Waals surface area (Å²) in [5.74, 6) is -0.725. The van der Waals surface area contributed by atoms with Crippen LogP contribution >= 0.6 is 11.8 Å². The zero-order chi connectivity index (χ0) is 16.9. The lowest BCUT2D eigenvalue weighted by molar-refractivity contribution is -0.133. The third kappa shape index (κ3) is 3.77. The van der Waals surface area contributed by atoms with Crippen LogP contribution in [0.4, 0.5) is 0 Å². The number of thioether (sulfide) groups is 1. The third-order valence-corrected chi connectivity index (χ3v) is 5.21. The minimum atomic E-state index is -0.799. The highest BCUT2D eigenvalue weighted by molar-refractivity contribution is 8.00. The number of benzene rings is 2. The average molecular weight is 337 g/mol. The second-order valence-electron chi connectivity index (χ2n) is 5.75. The van der Waals surface area contributed by atoms with E-state index < -0.39 is 5.97 Å². The SMILES string of the molecule is Cc1ccc(CCc2cnccc2SCC(=O)O)c2ccccc12. The fraction of sp³-hybridized carbons (Fsp3) is 0.200. The summed E-state index contributed by atoms with van der Waals surface area (Å²) in [6.45, 7) is 2.13. The molecule has 4 heteroatoms. The number of rotatable bonds is 6. The number of aryl methyl sites for hydroxylation is 3. The molecule has 0 aliphatic heterocycles. The summed E-state index contributed by atoms with van der Waals surface area (Å²) in [4.78, 5) is 16.0. The molecule has 0 amide bonds. The highest BCUT2D eigenvalue weighted by atomic mass is 32.2. The highest BCUT2D eigenvalue weighted by Crippen LogP contribution is 2.26. The van der Waals surface area contributed by atoms with Crippen LogP contribution in [0, 0.1) is 6.92 Å². The fourth-order valence-electron chi connectivity index (χ4n) is 2.88. The van der Waals surface area contributed by atoms with Gasteiger partial charge >= 0.3 is 5.97 Å². The zero-order valence-electron chi connectivity index (χ0n) is 13.5. The first kappa shape index (κ1) is 16.5. The van der Waals surface area contributed by atoms with Crippen LogP contribution in [0.25, 0.3) is 10.8 Å². The molecule has 24 heavy (non-hydrogen) atoms. The smallest absolute Gasteiger partial charge is 0.313 e. The molecule has 0 bridgehead atoms. The largest absolute Gasteiger partial charge is 0.481 e. The van der Waals surface area contributed by atoms with E-state index in [1.165, 1.54) is 33.7 Å². The summed E-state index contributed by atoms with van der Waals surface area (Å²) in [5.41, 5.74) is 3.70. The van der Waals surface area contributed by atoms with Crippen LogP contribution in [-0.2, 0) is 17.6 Å². The molecule has 0 radical (unpaired) electrons. The number of fused-ring (bicyclic) bond motifs is 1. The third-order valence-electron chi connectivity index (χ3n) is 4.11. The van der Waals surface area contributed by atoms with E-state index in [0.29, 0.717) is 0 Å². The van der Waals surface area contributed by atoms with Crippen LogP contribution in [0.3, 0.4) is 0 Å². The molecule has 1 N–H and O–H groups in total. The van der Waals surface area contributed by atoms with Gasteiger partial charge in [-0.05, 0) is 53.3 Å². The van der Waals surface area contributed by atoms with Gasteiger partial charge in [0.05, 0.1) is 5.75 Å². The van der Waals surface area contributed by atoms with Gasteiger partial charge in [-0.2, -0.15) is 0 Å². The monoisotopic (exact) mass is 337 g/mol. The lowest BCUT2D eigenvalue weighted by Gasteiger charge is -2.11. The Morgan fingerprint density at radius 1 is 1.04 bits per heavy atom. The van der Waals surface area contributed by atoms with E-state index >= 15 is 0 Å². The molecule has 3 rings (SSSR count). The first-order valence-corrected chi connectivity index (χ1v) is 8.88. The Morgan fingerprint density at radius 2 is 1.79 bits per heavy atom. The molecule has 0 aliphatic carbocycles. The molecule has 0 atom stereocenters. The van der Waals surface area contributed by atoms with Crippen molar-refractivity contribution in [2.24, 2.45) is 0 Å². The molecule has 0 saturated heterocycles. The maximum atomic E-state index is 10.8. The molecule has 3 aromatic rings. The van der Waals surface area contributed by atoms with Crippen molar-refractivity contribution in [3.63, 3.8) is 0 Å². The predicted molar refractivity (Wildman–Crippen MR) is 98.7 cm³/mol. The standard InChI is InChI=1S/C20H19NO2S/c1-14-6-7-15(18-5-3-2-4-17(14)18)8-9-16-12-21-11-10-19(16)24-13-20(22)23/h2-7,10-12H,8-9,13H2,1H3,(H,22,23). The van der Waals surface area contributed by atoms with E-state index in [2.05, 4.69) is 48.3 Å². The lowest BCUT2D eigenvalue weighted by atomic mass is 9.96. The van der Waals surface area contributed by atoms with Crippen molar-refractivity contribution in [3.05, 3.63) is 71.5 Å². The van der Waals surface area contributed by atoms with E-state index in [1.807, 2.05) is 12.3 Å². The molecule has 2 aromatic carbocycles. The number of hydrogen-bond donors (Lipinski definition) is 1. The van der Waals surface area contributed by atoms with Crippen molar-refractivity contribution in [1.29, 1.82) is 0 Å². The first-order chi connectivity index (χ1) is 11.6. The van der Waals surface area contributed by atoms with Gasteiger partial charge in [-0.15, -0.1) is 11.8 Å². The van der Waals surface area contributed by atoms with Gasteiger partial charge in [0.2, 0.25) is 0 Å². The summed E-state index contributed by atoms with van der Waals surface area (Å²) in [5, 5.41) is 11.5. The van der Waals surface area contributed by atoms with Gasteiger partial charge in [-0.1, -0.05) is 36.4 Å². The van der Waals surface area contributed by atoms with Crippen molar-refractivity contribution in [3.8, 4) is 0 Å². The minimum Gasteiger partial charge on any atom is -0.481 e. The van der Waals surface area contributed by atoms with E-state index in [4.69, 9.17) is 5.11 Å². The van der Waals surface area contributed by atoms with Crippen molar-refractivity contribution >= 4 is 28.5 Å². The number of hydrogen-bond acceptors (Lipinski definition) is 3. The summed E-state index contributed by atoms with van der Waals surface area (Å²) >= 11 is 1.36. The van der Waals surface area contributed by atoms with Gasteiger partial charge in [0, 0.05) is 17.3 Å². The molecule has 0 spiro atoms. The van der Waals surface area contributed by atoms with E-state index in [9.17, 15) is 4.79 Å². The van der Waals surface area contributed by atoms with Gasteiger partial charge < -0.3 is 5.11 Å². The van der Waals surface area contributed by atoms with Crippen molar-refractivity contribution in [2.45, 2.75) is 24.7 Å². The Bertz CT molecular complexity index is 876. The number of carbonyl (C=O) groups is 1. The number of aromatic nitrogens is 1. The van der Waals surface area contributed by atoms with Crippen LogP contribution in [0.5, 0.6) is 0 Å². The number of carboxylic acids is 1. The Labute approximate surface area is 145 Å². The van der Waals surface area contributed by atoms with E-state index in [-0.39, 0.29) is 5.75 Å². The van der Waals surface area contributed by atoms with Gasteiger partial charge in [0.15, 0.2) is 0 Å². The van der Waals surface area contributed by atoms with Gasteiger partial charge in [-0.3, -0.25) is 9.78 Å². The Morgan fingerprint density at radius 3 is 2.58 bits per heavy atom. The molecular weight excluding hydrogens is 318 g/mol. The molecule has 0 fully saturated rings. The normalized spacial score (nSPS) is 10.9. The van der Waals surface area contributed by atoms with Gasteiger partial charge in [0.25, 0.3) is 0 Å². The summed E-state index contributed by atoms with van der Waals surface area (Å²) in [6.07, 6.45) is 5.32. The van der Waals surface area contributed by atoms with Crippen molar-refractivity contribution in [1.82, 2.24) is 4.98 Å². The molecule has 3 nitrogen and oxygen atoms in total. The second kappa shape index (κ2) is 7.49. The Kier molecular flexibility index (Phi) is 5.16. The quantitative estimate of drug-likeness (QED) is 0.673. The number of aliphatic carboxylic acids is 1. The predicted octanol–water partition coefficient (Wildman–Crippen LogP) is 4.51. The number of nitrogens with zero attached hydrogens (tertiary/aromatic N) is 1. The summed E-state index contributed by atoms with van der Waals surface area (Å²) in [6, 6.07) is 14.7. The molecule has 0 aliphatic rings. The average Bonchev–Trinajstić information content (AvgIpc) is 2.60. The number of carboxylic acid groups (broad SMARTS) is 1. The maximum Gasteiger partial charge on any atom is 0.313 e. The van der Waals surface area contributed by atoms with Crippen molar-refractivity contribution in [2.75, 3.05) is 5.75 Å². The summed E-state index contributed by atoms with van der Waals surface area (Å²) in [7, 11) is 0. The van der Waals surface area contributed by atoms with Crippen LogP contribution < -0.4 is 0 Å². The highest BCUT2D eigenvalue weighted by Gasteiger charge is 2.08. The van der Waals surface area contributed by atoms with Crippen molar-refractivity contribution < 1.29 is 9.90 Å². The van der Waals surface area contributed by atoms with E-state index in [0.717, 1.165) is 23.3 Å². The van der Waals surface area contributed by atoms with Crippen LogP contribution in [-0.4, -0.2) is 21.8 Å². The van der Waals surface area contributed by atoms with Gasteiger partial charge in [-0.25, -0.2) is 0 Å². The Balaban J connectivity index is 1.82. The van der Waals surface area contributed by atoms with Crippen LogP contribution in [0.2, 0.25) is 0 Å². The Hall–Kier alpha value is -2.33. The molecule has 0 unspecified atom stereocenters. The molecule has 122 valence electrons. The number of pyridine rings is 1. The lowest BCUT2D eigenvalue weighted by Crippen LogP contribution is -2.00. The summed E-state index contributed by atoms with van der Waals surface area (Å²) < 4.78 is 0. The van der Waals surface area contributed by atoms with Crippen LogP contribution in [0.1, 0.15) is 16.7 Å². The first-order valence-electron chi connectivity index (χ1n) is 7.90. The zero-order valence-corrected chi connectivity index (χ0v) is 14.3. The second-order valence-corrected chi connectivity index (χ2v) is 6.77.